The first-order valence-electron chi connectivity index (χ1n) is 5.44. The molecule has 3 fully saturated rings. The Bertz CT molecular complexity index is 584. The number of rotatable bonds is 1. The summed E-state index contributed by atoms with van der Waals surface area (Å²) in [7, 11) is 0. The summed E-state index contributed by atoms with van der Waals surface area (Å²) in [4.78, 5) is 0. The Morgan fingerprint density at radius 1 is 1.31 bits per heavy atom. The predicted octanol–water partition coefficient (Wildman–Crippen LogP) is 3.36. The number of aromatic amines is 1. The van der Waals surface area contributed by atoms with E-state index in [4.69, 9.17) is 11.6 Å². The molecule has 0 atom stereocenters. The molecular formula is C12H10ClFN2. The van der Waals surface area contributed by atoms with Crippen molar-refractivity contribution in [2.45, 2.75) is 30.3 Å². The third-order valence-corrected chi connectivity index (χ3v) is 4.34. The van der Waals surface area contributed by atoms with Gasteiger partial charge in [-0.1, -0.05) is 17.7 Å². The van der Waals surface area contributed by atoms with Crippen molar-refractivity contribution in [1.29, 1.82) is 0 Å². The molecule has 2 aromatic rings. The van der Waals surface area contributed by atoms with Gasteiger partial charge in [-0.25, -0.2) is 4.39 Å². The van der Waals surface area contributed by atoms with Crippen LogP contribution in [0.15, 0.2) is 18.2 Å². The molecule has 2 bridgehead atoms. The van der Waals surface area contributed by atoms with E-state index < -0.39 is 5.67 Å². The highest BCUT2D eigenvalue weighted by Crippen LogP contribution is 2.70. The van der Waals surface area contributed by atoms with Crippen LogP contribution in [0.2, 0.25) is 5.02 Å². The van der Waals surface area contributed by atoms with Gasteiger partial charge < -0.3 is 0 Å². The summed E-state index contributed by atoms with van der Waals surface area (Å²) in [5.41, 5.74) is 1.01. The number of hydrogen-bond donors (Lipinski definition) is 1. The van der Waals surface area contributed by atoms with E-state index in [-0.39, 0.29) is 5.41 Å². The van der Waals surface area contributed by atoms with Crippen molar-refractivity contribution in [2.75, 3.05) is 0 Å². The van der Waals surface area contributed by atoms with Gasteiger partial charge in [-0.15, -0.1) is 0 Å². The average Bonchev–Trinajstić information content (AvgIpc) is 2.57. The number of nitrogens with one attached hydrogen (secondary N) is 1. The summed E-state index contributed by atoms with van der Waals surface area (Å²) in [5.74, 6) is 0. The van der Waals surface area contributed by atoms with Crippen LogP contribution in [0.25, 0.3) is 10.9 Å². The Balaban J connectivity index is 1.93. The number of aromatic nitrogens is 2. The largest absolute Gasteiger partial charge is 0.281 e. The lowest BCUT2D eigenvalue weighted by Crippen LogP contribution is -2.67. The number of H-pyrrole nitrogens is 1. The van der Waals surface area contributed by atoms with E-state index in [0.717, 1.165) is 16.6 Å². The van der Waals surface area contributed by atoms with E-state index in [1.807, 2.05) is 18.2 Å². The summed E-state index contributed by atoms with van der Waals surface area (Å²) in [6.45, 7) is 0. The molecule has 3 aliphatic rings. The first-order valence-corrected chi connectivity index (χ1v) is 5.82. The van der Waals surface area contributed by atoms with Gasteiger partial charge in [-0.2, -0.15) is 5.10 Å². The molecule has 3 saturated carbocycles. The molecule has 1 aromatic heterocycles. The fraction of sp³-hybridized carbons (Fsp3) is 0.417. The minimum atomic E-state index is -0.890. The molecule has 3 aliphatic carbocycles. The molecule has 1 aromatic carbocycles. The van der Waals surface area contributed by atoms with Gasteiger partial charge in [0.25, 0.3) is 0 Å². The standard InChI is InChI=1S/C12H10ClFN2/c13-7-2-1-3-8-9(7)10(16-15-8)11-4-12(14,5-11)6-11/h1-3H,4-6H2,(H,15,16). The summed E-state index contributed by atoms with van der Waals surface area (Å²) < 4.78 is 13.5. The molecule has 0 radical (unpaired) electrons. The highest BCUT2D eigenvalue weighted by molar-refractivity contribution is 6.35. The molecule has 1 heterocycles. The highest BCUT2D eigenvalue weighted by Gasteiger charge is 2.70. The summed E-state index contributed by atoms with van der Waals surface area (Å²) in [6, 6.07) is 5.67. The molecule has 0 unspecified atom stereocenters. The zero-order valence-electron chi connectivity index (χ0n) is 8.56. The van der Waals surface area contributed by atoms with Gasteiger partial charge in [0.05, 0.1) is 16.2 Å². The zero-order chi connectivity index (χ0) is 11.0. The maximum Gasteiger partial charge on any atom is 0.113 e. The average molecular weight is 237 g/mol. The lowest BCUT2D eigenvalue weighted by atomic mass is 9.41. The quantitative estimate of drug-likeness (QED) is 0.808. The van der Waals surface area contributed by atoms with Gasteiger partial charge in [-0.3, -0.25) is 5.10 Å². The number of halogens is 2. The topological polar surface area (TPSA) is 28.7 Å². The molecule has 1 N–H and O–H groups in total. The van der Waals surface area contributed by atoms with Crippen LogP contribution in [0.5, 0.6) is 0 Å². The van der Waals surface area contributed by atoms with Gasteiger partial charge in [0.1, 0.15) is 5.67 Å². The van der Waals surface area contributed by atoms with E-state index in [1.165, 1.54) is 0 Å². The van der Waals surface area contributed by atoms with Gasteiger partial charge in [0.15, 0.2) is 0 Å². The SMILES string of the molecule is FC12CC(c3[nH]nc4cccc(Cl)c34)(C1)C2. The minimum Gasteiger partial charge on any atom is -0.281 e. The normalized spacial score (nSPS) is 35.9. The number of nitrogens with zero attached hydrogens (tertiary/aromatic N) is 1. The van der Waals surface area contributed by atoms with Crippen LogP contribution in [0.1, 0.15) is 25.0 Å². The third kappa shape index (κ3) is 0.869. The Kier molecular flexibility index (Phi) is 1.36. The molecular weight excluding hydrogens is 227 g/mol. The van der Waals surface area contributed by atoms with Crippen molar-refractivity contribution in [1.82, 2.24) is 10.2 Å². The molecule has 4 heteroatoms. The van der Waals surface area contributed by atoms with E-state index in [1.54, 1.807) is 0 Å². The summed E-state index contributed by atoms with van der Waals surface area (Å²) in [6.07, 6.45) is 1.88. The lowest BCUT2D eigenvalue weighted by Gasteiger charge is -2.65. The van der Waals surface area contributed by atoms with Crippen molar-refractivity contribution in [3.63, 3.8) is 0 Å². The Morgan fingerprint density at radius 3 is 2.75 bits per heavy atom. The van der Waals surface area contributed by atoms with Gasteiger partial charge in [0.2, 0.25) is 0 Å². The molecule has 16 heavy (non-hydrogen) atoms. The molecule has 0 amide bonds. The van der Waals surface area contributed by atoms with Crippen LogP contribution in [0.4, 0.5) is 4.39 Å². The molecule has 2 nitrogen and oxygen atoms in total. The molecule has 5 rings (SSSR count). The van der Waals surface area contributed by atoms with E-state index >= 15 is 0 Å². The third-order valence-electron chi connectivity index (χ3n) is 4.03. The number of alkyl halides is 1. The maximum atomic E-state index is 13.5. The van der Waals surface area contributed by atoms with E-state index in [9.17, 15) is 4.39 Å². The van der Waals surface area contributed by atoms with E-state index in [0.29, 0.717) is 24.3 Å². The van der Waals surface area contributed by atoms with E-state index in [2.05, 4.69) is 10.2 Å². The fourth-order valence-corrected chi connectivity index (χ4v) is 3.60. The van der Waals surface area contributed by atoms with Crippen molar-refractivity contribution in [3.05, 3.63) is 28.9 Å². The highest BCUT2D eigenvalue weighted by atomic mass is 35.5. The van der Waals surface area contributed by atoms with Crippen molar-refractivity contribution in [2.24, 2.45) is 0 Å². The second kappa shape index (κ2) is 2.43. The summed E-state index contributed by atoms with van der Waals surface area (Å²) >= 11 is 6.19. The van der Waals surface area contributed by atoms with Crippen LogP contribution >= 0.6 is 11.6 Å². The van der Waals surface area contributed by atoms with Crippen LogP contribution < -0.4 is 0 Å². The zero-order valence-corrected chi connectivity index (χ0v) is 9.31. The minimum absolute atomic E-state index is 0.00546. The molecule has 0 aliphatic heterocycles. The maximum absolute atomic E-state index is 13.5. The van der Waals surface area contributed by atoms with Crippen LogP contribution in [-0.4, -0.2) is 15.9 Å². The number of benzene rings is 1. The van der Waals surface area contributed by atoms with Gasteiger partial charge in [-0.05, 0) is 31.4 Å². The van der Waals surface area contributed by atoms with Gasteiger partial charge >= 0.3 is 0 Å². The Labute approximate surface area is 96.8 Å². The van der Waals surface area contributed by atoms with Crippen LogP contribution in [0, 0.1) is 0 Å². The van der Waals surface area contributed by atoms with Gasteiger partial charge in [0, 0.05) is 10.8 Å². The van der Waals surface area contributed by atoms with Crippen molar-refractivity contribution < 1.29 is 4.39 Å². The summed E-state index contributed by atoms with van der Waals surface area (Å²) in [5, 5.41) is 8.98. The second-order valence-corrected chi connectivity index (χ2v) is 5.60. The number of hydrogen-bond acceptors (Lipinski definition) is 1. The molecule has 0 spiro atoms. The number of fused-ring (bicyclic) bond motifs is 1. The first-order chi connectivity index (χ1) is 7.62. The van der Waals surface area contributed by atoms with Crippen LogP contribution in [0.3, 0.4) is 0 Å². The monoisotopic (exact) mass is 236 g/mol. The first kappa shape index (κ1) is 8.99. The van der Waals surface area contributed by atoms with Crippen molar-refractivity contribution in [3.8, 4) is 0 Å². The molecule has 82 valence electrons. The fourth-order valence-electron chi connectivity index (χ4n) is 3.34. The van der Waals surface area contributed by atoms with Crippen molar-refractivity contribution >= 4 is 22.5 Å². The lowest BCUT2D eigenvalue weighted by molar-refractivity contribution is -0.159. The second-order valence-electron chi connectivity index (χ2n) is 5.19. The smallest absolute Gasteiger partial charge is 0.113 e. The Morgan fingerprint density at radius 2 is 2.06 bits per heavy atom. The predicted molar refractivity (Wildman–Crippen MR) is 60.5 cm³/mol. The Hall–Kier alpha value is -1.09. The van der Waals surface area contributed by atoms with Crippen LogP contribution in [-0.2, 0) is 5.41 Å². The molecule has 0 saturated heterocycles.